The molecule has 24 heavy (non-hydrogen) atoms. The second-order valence-corrected chi connectivity index (χ2v) is 6.22. The second-order valence-electron chi connectivity index (χ2n) is 5.20. The fourth-order valence-corrected chi connectivity index (χ4v) is 3.36. The van der Waals surface area contributed by atoms with Gasteiger partial charge in [0.1, 0.15) is 11.5 Å². The monoisotopic (exact) mass is 343 g/mol. The number of amides is 1. The van der Waals surface area contributed by atoms with Crippen LogP contribution in [0.1, 0.15) is 6.42 Å². The standard InChI is InChI=1S/C18H17NO4S/c1-22-13-6-8-14(9-7-13)23-18(21)10-11-19-15-4-2-3-5-16(15)24-12-17(19)20/h2-9H,10-12H2,1H3. The SMILES string of the molecule is COc1ccc(OC(=O)CCN2C(=O)CSc3ccccc32)cc1. The van der Waals surface area contributed by atoms with Crippen LogP contribution in [0.5, 0.6) is 11.5 Å². The van der Waals surface area contributed by atoms with E-state index in [1.165, 1.54) is 11.8 Å². The van der Waals surface area contributed by atoms with Gasteiger partial charge in [0.2, 0.25) is 5.91 Å². The van der Waals surface area contributed by atoms with E-state index in [2.05, 4.69) is 0 Å². The summed E-state index contributed by atoms with van der Waals surface area (Å²) in [4.78, 5) is 26.9. The molecule has 1 amide bonds. The molecule has 0 bridgehead atoms. The minimum absolute atomic E-state index is 0.0101. The number of hydrogen-bond donors (Lipinski definition) is 0. The molecule has 5 nitrogen and oxygen atoms in total. The molecule has 6 heteroatoms. The summed E-state index contributed by atoms with van der Waals surface area (Å²) in [5.74, 6) is 1.19. The number of hydrogen-bond acceptors (Lipinski definition) is 5. The van der Waals surface area contributed by atoms with E-state index in [1.807, 2.05) is 24.3 Å². The summed E-state index contributed by atoms with van der Waals surface area (Å²) in [5.41, 5.74) is 0.857. The summed E-state index contributed by atoms with van der Waals surface area (Å²) >= 11 is 1.52. The number of anilines is 1. The van der Waals surface area contributed by atoms with Gasteiger partial charge in [0, 0.05) is 11.4 Å². The zero-order valence-electron chi connectivity index (χ0n) is 13.2. The van der Waals surface area contributed by atoms with Crippen molar-refractivity contribution in [2.75, 3.05) is 24.3 Å². The summed E-state index contributed by atoms with van der Waals surface area (Å²) in [6.07, 6.45) is 0.136. The number of carbonyl (C=O) groups is 2. The van der Waals surface area contributed by atoms with E-state index in [9.17, 15) is 9.59 Å². The molecule has 1 aliphatic rings. The number of thioether (sulfide) groups is 1. The summed E-state index contributed by atoms with van der Waals surface area (Å²) < 4.78 is 10.3. The van der Waals surface area contributed by atoms with Gasteiger partial charge in [-0.1, -0.05) is 12.1 Å². The van der Waals surface area contributed by atoms with Crippen molar-refractivity contribution in [2.45, 2.75) is 11.3 Å². The number of methoxy groups -OCH3 is 1. The highest BCUT2D eigenvalue weighted by atomic mass is 32.2. The molecule has 0 saturated heterocycles. The molecule has 0 saturated carbocycles. The molecule has 2 aromatic carbocycles. The van der Waals surface area contributed by atoms with E-state index in [0.29, 0.717) is 23.8 Å². The van der Waals surface area contributed by atoms with Gasteiger partial charge in [-0.2, -0.15) is 0 Å². The maximum atomic E-state index is 12.1. The van der Waals surface area contributed by atoms with E-state index in [0.717, 1.165) is 10.6 Å². The third-order valence-corrected chi connectivity index (χ3v) is 4.69. The third-order valence-electron chi connectivity index (χ3n) is 3.64. The minimum Gasteiger partial charge on any atom is -0.497 e. The van der Waals surface area contributed by atoms with Gasteiger partial charge in [0.25, 0.3) is 0 Å². The van der Waals surface area contributed by atoms with Crippen LogP contribution in [-0.2, 0) is 9.59 Å². The fourth-order valence-electron chi connectivity index (χ4n) is 2.43. The highest BCUT2D eigenvalue weighted by Crippen LogP contribution is 2.34. The van der Waals surface area contributed by atoms with E-state index in [-0.39, 0.29) is 18.3 Å². The first-order valence-corrected chi connectivity index (χ1v) is 8.53. The average molecular weight is 343 g/mol. The Morgan fingerprint density at radius 1 is 1.12 bits per heavy atom. The smallest absolute Gasteiger partial charge is 0.312 e. The number of nitrogens with zero attached hydrogens (tertiary/aromatic N) is 1. The van der Waals surface area contributed by atoms with Crippen molar-refractivity contribution in [1.82, 2.24) is 0 Å². The van der Waals surface area contributed by atoms with Crippen LogP contribution < -0.4 is 14.4 Å². The Morgan fingerprint density at radius 3 is 2.58 bits per heavy atom. The zero-order valence-corrected chi connectivity index (χ0v) is 14.0. The molecule has 0 radical (unpaired) electrons. The lowest BCUT2D eigenvalue weighted by Gasteiger charge is -2.28. The lowest BCUT2D eigenvalue weighted by atomic mass is 10.2. The van der Waals surface area contributed by atoms with Crippen molar-refractivity contribution in [1.29, 1.82) is 0 Å². The Labute approximate surface area is 144 Å². The normalized spacial score (nSPS) is 13.4. The molecule has 0 N–H and O–H groups in total. The molecular formula is C18H17NO4S. The summed E-state index contributed by atoms with van der Waals surface area (Å²) in [6, 6.07) is 14.5. The number of benzene rings is 2. The third kappa shape index (κ3) is 3.71. The minimum atomic E-state index is -0.372. The van der Waals surface area contributed by atoms with Crippen molar-refractivity contribution >= 4 is 29.3 Å². The van der Waals surface area contributed by atoms with E-state index in [4.69, 9.17) is 9.47 Å². The molecule has 0 spiro atoms. The van der Waals surface area contributed by atoms with Gasteiger partial charge >= 0.3 is 5.97 Å². The number of para-hydroxylation sites is 1. The van der Waals surface area contributed by atoms with E-state index in [1.54, 1.807) is 36.3 Å². The zero-order chi connectivity index (χ0) is 16.9. The van der Waals surface area contributed by atoms with Gasteiger partial charge in [0.15, 0.2) is 0 Å². The lowest BCUT2D eigenvalue weighted by Crippen LogP contribution is -2.37. The van der Waals surface area contributed by atoms with Gasteiger partial charge in [-0.15, -0.1) is 11.8 Å². The maximum absolute atomic E-state index is 12.1. The summed E-state index contributed by atoms with van der Waals surface area (Å²) in [6.45, 7) is 0.311. The Kier molecular flexibility index (Phi) is 5.05. The largest absolute Gasteiger partial charge is 0.497 e. The Hall–Kier alpha value is -2.47. The Bertz CT molecular complexity index is 745. The van der Waals surface area contributed by atoms with Gasteiger partial charge in [0.05, 0.1) is 25.0 Å². The van der Waals surface area contributed by atoms with Crippen LogP contribution in [-0.4, -0.2) is 31.3 Å². The second kappa shape index (κ2) is 7.40. The van der Waals surface area contributed by atoms with Crippen LogP contribution in [0, 0.1) is 0 Å². The highest BCUT2D eigenvalue weighted by molar-refractivity contribution is 8.00. The quantitative estimate of drug-likeness (QED) is 0.617. The average Bonchev–Trinajstić information content (AvgIpc) is 2.61. The first-order chi connectivity index (χ1) is 11.7. The Morgan fingerprint density at radius 2 is 1.83 bits per heavy atom. The molecule has 1 aliphatic heterocycles. The molecule has 0 fully saturated rings. The number of rotatable bonds is 5. The first-order valence-electron chi connectivity index (χ1n) is 7.54. The predicted octanol–water partition coefficient (Wildman–Crippen LogP) is 3.13. The highest BCUT2D eigenvalue weighted by Gasteiger charge is 2.24. The van der Waals surface area contributed by atoms with Crippen molar-refractivity contribution in [3.8, 4) is 11.5 Å². The van der Waals surface area contributed by atoms with E-state index < -0.39 is 0 Å². The Balaban J connectivity index is 1.60. The van der Waals surface area contributed by atoms with Crippen LogP contribution in [0.15, 0.2) is 53.4 Å². The molecule has 2 aromatic rings. The van der Waals surface area contributed by atoms with Gasteiger partial charge < -0.3 is 14.4 Å². The lowest BCUT2D eigenvalue weighted by molar-refractivity contribution is -0.134. The number of fused-ring (bicyclic) bond motifs is 1. The number of carbonyl (C=O) groups excluding carboxylic acids is 2. The van der Waals surface area contributed by atoms with Crippen molar-refractivity contribution in [3.63, 3.8) is 0 Å². The molecule has 3 rings (SSSR count). The maximum Gasteiger partial charge on any atom is 0.312 e. The van der Waals surface area contributed by atoms with Crippen molar-refractivity contribution in [2.24, 2.45) is 0 Å². The number of esters is 1. The first kappa shape index (κ1) is 16.4. The van der Waals surface area contributed by atoms with Gasteiger partial charge in [-0.3, -0.25) is 9.59 Å². The van der Waals surface area contributed by atoms with Gasteiger partial charge in [-0.25, -0.2) is 0 Å². The van der Waals surface area contributed by atoms with Gasteiger partial charge in [-0.05, 0) is 36.4 Å². The molecule has 0 atom stereocenters. The van der Waals surface area contributed by atoms with Crippen molar-refractivity contribution < 1.29 is 19.1 Å². The molecule has 0 aromatic heterocycles. The van der Waals surface area contributed by atoms with Crippen LogP contribution in [0.4, 0.5) is 5.69 Å². The molecule has 1 heterocycles. The number of ether oxygens (including phenoxy) is 2. The molecule has 124 valence electrons. The predicted molar refractivity (Wildman–Crippen MR) is 92.8 cm³/mol. The molecular weight excluding hydrogens is 326 g/mol. The van der Waals surface area contributed by atoms with Crippen LogP contribution in [0.2, 0.25) is 0 Å². The van der Waals surface area contributed by atoms with E-state index >= 15 is 0 Å². The van der Waals surface area contributed by atoms with Crippen LogP contribution in [0.25, 0.3) is 0 Å². The summed E-state index contributed by atoms with van der Waals surface area (Å²) in [7, 11) is 1.58. The van der Waals surface area contributed by atoms with Crippen molar-refractivity contribution in [3.05, 3.63) is 48.5 Å². The molecule has 0 aliphatic carbocycles. The van der Waals surface area contributed by atoms with Crippen LogP contribution >= 0.6 is 11.8 Å². The fraction of sp³-hybridized carbons (Fsp3) is 0.222. The van der Waals surface area contributed by atoms with Crippen LogP contribution in [0.3, 0.4) is 0 Å². The molecule has 0 unspecified atom stereocenters. The summed E-state index contributed by atoms with van der Waals surface area (Å²) in [5, 5.41) is 0. The topological polar surface area (TPSA) is 55.8 Å².